The Morgan fingerprint density at radius 1 is 1.07 bits per heavy atom. The fourth-order valence-electron chi connectivity index (χ4n) is 1.94. The third kappa shape index (κ3) is 1.39. The smallest absolute Gasteiger partial charge is 0.196 e. The molecule has 2 aromatic rings. The third-order valence-corrected chi connectivity index (χ3v) is 2.72. The predicted octanol–water partition coefficient (Wildman–Crippen LogP) is 2.76. The lowest BCUT2D eigenvalue weighted by Gasteiger charge is -2.02. The Balaban J connectivity index is 2.84. The molecule has 0 bridgehead atoms. The van der Waals surface area contributed by atoms with E-state index in [-0.39, 0.29) is 0 Å². The molecule has 0 aliphatic rings. The van der Waals surface area contributed by atoms with Gasteiger partial charge in [-0.25, -0.2) is 0 Å². The minimum atomic E-state index is 1.03. The van der Waals surface area contributed by atoms with Gasteiger partial charge in [0.1, 0.15) is 6.54 Å². The van der Waals surface area contributed by atoms with Crippen LogP contribution in [0.1, 0.15) is 18.2 Å². The van der Waals surface area contributed by atoms with E-state index in [2.05, 4.69) is 55.7 Å². The van der Waals surface area contributed by atoms with Crippen LogP contribution < -0.4 is 4.57 Å². The van der Waals surface area contributed by atoms with Crippen molar-refractivity contribution in [1.82, 2.24) is 0 Å². The molecular formula is C13H16N+. The molecule has 0 aliphatic carbocycles. The Bertz CT molecular complexity index is 467. The lowest BCUT2D eigenvalue weighted by atomic mass is 10.1. The molecule has 0 aliphatic heterocycles. The molecule has 1 nitrogen and oxygen atoms in total. The highest BCUT2D eigenvalue weighted by Crippen LogP contribution is 2.12. The average Bonchev–Trinajstić information content (AvgIpc) is 2.17. The molecule has 0 spiro atoms. The molecular weight excluding hydrogens is 170 g/mol. The minimum Gasteiger partial charge on any atom is -0.196 e. The largest absolute Gasteiger partial charge is 0.212 e. The average molecular weight is 186 g/mol. The quantitative estimate of drug-likeness (QED) is 0.603. The van der Waals surface area contributed by atoms with Crippen LogP contribution in [-0.2, 0) is 6.54 Å². The van der Waals surface area contributed by atoms with Gasteiger partial charge in [-0.2, -0.15) is 4.57 Å². The van der Waals surface area contributed by atoms with Crippen LogP contribution in [0, 0.1) is 13.8 Å². The van der Waals surface area contributed by atoms with E-state index in [9.17, 15) is 0 Å². The van der Waals surface area contributed by atoms with Gasteiger partial charge in [0, 0.05) is 24.4 Å². The molecule has 1 heteroatoms. The Morgan fingerprint density at radius 3 is 2.50 bits per heavy atom. The summed E-state index contributed by atoms with van der Waals surface area (Å²) in [4.78, 5) is 0. The first-order valence-corrected chi connectivity index (χ1v) is 5.12. The van der Waals surface area contributed by atoms with Crippen molar-refractivity contribution < 1.29 is 4.57 Å². The molecule has 0 fully saturated rings. The van der Waals surface area contributed by atoms with Crippen LogP contribution in [0.25, 0.3) is 10.9 Å². The van der Waals surface area contributed by atoms with E-state index >= 15 is 0 Å². The zero-order valence-electron chi connectivity index (χ0n) is 9.04. The van der Waals surface area contributed by atoms with Gasteiger partial charge in [-0.1, -0.05) is 6.07 Å². The van der Waals surface area contributed by atoms with Crippen LogP contribution in [-0.4, -0.2) is 0 Å². The number of rotatable bonds is 1. The number of benzene rings is 1. The second-order valence-electron chi connectivity index (χ2n) is 3.78. The van der Waals surface area contributed by atoms with E-state index in [0.717, 1.165) is 6.54 Å². The summed E-state index contributed by atoms with van der Waals surface area (Å²) in [5.74, 6) is 0. The zero-order chi connectivity index (χ0) is 10.1. The summed E-state index contributed by atoms with van der Waals surface area (Å²) in [6, 6.07) is 11.0. The molecule has 1 heterocycles. The van der Waals surface area contributed by atoms with Gasteiger partial charge in [-0.15, -0.1) is 0 Å². The van der Waals surface area contributed by atoms with Crippen LogP contribution >= 0.6 is 0 Å². The molecule has 0 atom stereocenters. The van der Waals surface area contributed by atoms with Crippen molar-refractivity contribution in [3.63, 3.8) is 0 Å². The molecule has 0 unspecified atom stereocenters. The zero-order valence-corrected chi connectivity index (χ0v) is 9.04. The molecule has 0 N–H and O–H groups in total. The van der Waals surface area contributed by atoms with Crippen molar-refractivity contribution in [2.75, 3.05) is 0 Å². The fraction of sp³-hybridized carbons (Fsp3) is 0.308. The number of pyridine rings is 1. The first kappa shape index (κ1) is 9.20. The van der Waals surface area contributed by atoms with Gasteiger partial charge in [-0.3, -0.25) is 0 Å². The summed E-state index contributed by atoms with van der Waals surface area (Å²) in [7, 11) is 0. The first-order chi connectivity index (χ1) is 6.72. The monoisotopic (exact) mass is 186 g/mol. The second kappa shape index (κ2) is 3.41. The summed E-state index contributed by atoms with van der Waals surface area (Å²) < 4.78 is 2.35. The van der Waals surface area contributed by atoms with Crippen LogP contribution in [0.5, 0.6) is 0 Å². The van der Waals surface area contributed by atoms with E-state index < -0.39 is 0 Å². The van der Waals surface area contributed by atoms with Gasteiger partial charge >= 0.3 is 0 Å². The summed E-state index contributed by atoms with van der Waals surface area (Å²) in [6.45, 7) is 7.52. The molecule has 0 saturated carbocycles. The highest BCUT2D eigenvalue weighted by molar-refractivity contribution is 5.76. The van der Waals surface area contributed by atoms with Crippen LogP contribution in [0.15, 0.2) is 30.3 Å². The van der Waals surface area contributed by atoms with Crippen molar-refractivity contribution >= 4 is 10.9 Å². The molecule has 0 amide bonds. The van der Waals surface area contributed by atoms with Gasteiger partial charge in [0.15, 0.2) is 5.69 Å². The van der Waals surface area contributed by atoms with Crippen LogP contribution in [0.2, 0.25) is 0 Å². The predicted molar refractivity (Wildman–Crippen MR) is 59.3 cm³/mol. The molecule has 1 aromatic heterocycles. The van der Waals surface area contributed by atoms with Gasteiger partial charge in [0.2, 0.25) is 5.52 Å². The number of hydrogen-bond acceptors (Lipinski definition) is 0. The van der Waals surface area contributed by atoms with Crippen LogP contribution in [0.4, 0.5) is 0 Å². The first-order valence-electron chi connectivity index (χ1n) is 5.12. The van der Waals surface area contributed by atoms with Crippen molar-refractivity contribution in [3.05, 3.63) is 41.6 Å². The van der Waals surface area contributed by atoms with Crippen LogP contribution in [0.3, 0.4) is 0 Å². The van der Waals surface area contributed by atoms with Crippen molar-refractivity contribution in [3.8, 4) is 0 Å². The van der Waals surface area contributed by atoms with Gasteiger partial charge in [0.25, 0.3) is 0 Å². The second-order valence-corrected chi connectivity index (χ2v) is 3.78. The minimum absolute atomic E-state index is 1.03. The molecule has 2 rings (SSSR count). The highest BCUT2D eigenvalue weighted by Gasteiger charge is 2.09. The van der Waals surface area contributed by atoms with Crippen molar-refractivity contribution in [1.29, 1.82) is 0 Å². The standard InChI is InChI=1S/C13H16N/c1-4-14-11(3)6-8-12-7-5-10(2)9-13(12)14/h5-9H,4H2,1-3H3/q+1. The van der Waals surface area contributed by atoms with Gasteiger partial charge < -0.3 is 0 Å². The van der Waals surface area contributed by atoms with Crippen molar-refractivity contribution in [2.24, 2.45) is 0 Å². The van der Waals surface area contributed by atoms with E-state index in [1.807, 2.05) is 0 Å². The molecule has 0 saturated heterocycles. The fourth-order valence-corrected chi connectivity index (χ4v) is 1.94. The maximum atomic E-state index is 2.35. The van der Waals surface area contributed by atoms with Gasteiger partial charge in [0.05, 0.1) is 0 Å². The topological polar surface area (TPSA) is 3.88 Å². The summed E-state index contributed by atoms with van der Waals surface area (Å²) in [5, 5.41) is 1.32. The molecule has 72 valence electrons. The maximum absolute atomic E-state index is 2.35. The molecule has 14 heavy (non-hydrogen) atoms. The number of nitrogens with zero attached hydrogens (tertiary/aromatic N) is 1. The Kier molecular flexibility index (Phi) is 2.24. The van der Waals surface area contributed by atoms with E-state index in [0.29, 0.717) is 0 Å². The normalized spacial score (nSPS) is 10.8. The van der Waals surface area contributed by atoms with E-state index in [4.69, 9.17) is 0 Å². The lowest BCUT2D eigenvalue weighted by Crippen LogP contribution is -2.36. The van der Waals surface area contributed by atoms with Gasteiger partial charge in [-0.05, 0) is 31.5 Å². The highest BCUT2D eigenvalue weighted by atomic mass is 15.0. The summed E-state index contributed by atoms with van der Waals surface area (Å²) in [6.07, 6.45) is 0. The van der Waals surface area contributed by atoms with E-state index in [1.165, 1.54) is 22.2 Å². The Morgan fingerprint density at radius 2 is 1.79 bits per heavy atom. The number of aryl methyl sites for hydroxylation is 3. The number of fused-ring (bicyclic) bond motifs is 1. The molecule has 1 aromatic carbocycles. The Hall–Kier alpha value is -1.37. The summed E-state index contributed by atoms with van der Waals surface area (Å²) >= 11 is 0. The SMILES string of the molecule is CC[n+]1c(C)ccc2ccc(C)cc21. The number of hydrogen-bond donors (Lipinski definition) is 0. The number of aromatic nitrogens is 1. The molecule has 0 radical (unpaired) electrons. The lowest BCUT2D eigenvalue weighted by molar-refractivity contribution is -0.673. The summed E-state index contributed by atoms with van der Waals surface area (Å²) in [5.41, 5.74) is 3.99. The maximum Gasteiger partial charge on any atom is 0.212 e. The van der Waals surface area contributed by atoms with Crippen molar-refractivity contribution in [2.45, 2.75) is 27.3 Å². The third-order valence-electron chi connectivity index (χ3n) is 2.72. The Labute approximate surface area is 85.0 Å². The van der Waals surface area contributed by atoms with E-state index in [1.54, 1.807) is 0 Å².